The van der Waals surface area contributed by atoms with Crippen molar-refractivity contribution in [3.05, 3.63) is 39.9 Å². The number of nitro groups is 1. The smallest absolute Gasteiger partial charge is 0.298 e. The average Bonchev–Trinajstić information content (AvgIpc) is 2.55. The van der Waals surface area contributed by atoms with Gasteiger partial charge >= 0.3 is 7.67 Å². The summed E-state index contributed by atoms with van der Waals surface area (Å²) in [5.74, 6) is 0.627. The predicted octanol–water partition coefficient (Wildman–Crippen LogP) is 3.53. The number of halogens is 2. The van der Waals surface area contributed by atoms with Crippen LogP contribution >= 0.6 is 30.9 Å². The minimum absolute atomic E-state index is 0.0109. The fourth-order valence-corrected chi connectivity index (χ4v) is 5.14. The Bertz CT molecular complexity index is 581. The SMILES string of the molecule is O=[N+]([O-])c1ccc(C2CCNP(=O)(N(CCCl)CCCl)O2)cc1. The summed E-state index contributed by atoms with van der Waals surface area (Å²) < 4.78 is 20.5. The highest BCUT2D eigenvalue weighted by Gasteiger charge is 2.37. The lowest BCUT2D eigenvalue weighted by atomic mass is 10.1. The summed E-state index contributed by atoms with van der Waals surface area (Å²) in [6.45, 7) is 1.30. The zero-order valence-corrected chi connectivity index (χ0v) is 14.8. The topological polar surface area (TPSA) is 84.7 Å². The molecule has 0 aromatic heterocycles. The Kier molecular flexibility index (Phi) is 6.83. The van der Waals surface area contributed by atoms with E-state index in [1.54, 1.807) is 16.8 Å². The fourth-order valence-electron chi connectivity index (χ4n) is 2.37. The summed E-state index contributed by atoms with van der Waals surface area (Å²) >= 11 is 11.5. The van der Waals surface area contributed by atoms with Gasteiger partial charge in [0.05, 0.1) is 11.0 Å². The summed E-state index contributed by atoms with van der Waals surface area (Å²) in [5.41, 5.74) is 0.769. The van der Waals surface area contributed by atoms with Crippen LogP contribution < -0.4 is 5.09 Å². The van der Waals surface area contributed by atoms with Crippen LogP contribution in [0.15, 0.2) is 24.3 Å². The minimum Gasteiger partial charge on any atom is -0.298 e. The first-order valence-corrected chi connectivity index (χ1v) is 9.80. The molecule has 1 saturated heterocycles. The Morgan fingerprint density at radius 2 is 1.91 bits per heavy atom. The standard InChI is InChI=1S/C13H18Cl2N3O4P/c14-6-9-17(10-7-15)23(21)16-8-5-13(22-23)11-1-3-12(4-2-11)18(19)20/h1-4,13H,5-10H2,(H,16,21). The summed E-state index contributed by atoms with van der Waals surface area (Å²) in [7, 11) is -3.23. The van der Waals surface area contributed by atoms with Gasteiger partial charge in [-0.1, -0.05) is 0 Å². The quantitative estimate of drug-likeness (QED) is 0.336. The summed E-state index contributed by atoms with van der Waals surface area (Å²) in [5, 5.41) is 13.6. The third kappa shape index (κ3) is 4.66. The lowest BCUT2D eigenvalue weighted by Gasteiger charge is -2.37. The largest absolute Gasteiger partial charge is 0.344 e. The maximum absolute atomic E-state index is 13.0. The van der Waals surface area contributed by atoms with E-state index < -0.39 is 18.7 Å². The molecular formula is C13H18Cl2N3O4P. The normalized spacial score (nSPS) is 24.7. The van der Waals surface area contributed by atoms with E-state index in [1.807, 2.05) is 0 Å². The van der Waals surface area contributed by atoms with E-state index in [2.05, 4.69) is 5.09 Å². The maximum atomic E-state index is 13.0. The van der Waals surface area contributed by atoms with Crippen molar-refractivity contribution < 1.29 is 14.0 Å². The molecule has 10 heteroatoms. The zero-order chi connectivity index (χ0) is 16.9. The monoisotopic (exact) mass is 381 g/mol. The molecule has 0 aliphatic carbocycles. The van der Waals surface area contributed by atoms with Gasteiger partial charge in [0, 0.05) is 43.5 Å². The number of nitro benzene ring substituents is 1. The summed E-state index contributed by atoms with van der Waals surface area (Å²) in [4.78, 5) is 10.3. The first kappa shape index (κ1) is 18.6. The molecule has 0 radical (unpaired) electrons. The van der Waals surface area contributed by atoms with Crippen molar-refractivity contribution in [3.8, 4) is 0 Å². The van der Waals surface area contributed by atoms with Gasteiger partial charge in [0.2, 0.25) is 0 Å². The number of rotatable bonds is 7. The summed E-state index contributed by atoms with van der Waals surface area (Å²) in [6, 6.07) is 6.10. The number of alkyl halides is 2. The minimum atomic E-state index is -3.23. The van der Waals surface area contributed by atoms with Gasteiger partial charge in [-0.2, -0.15) is 0 Å². The van der Waals surface area contributed by atoms with Crippen LogP contribution in [0, 0.1) is 10.1 Å². The zero-order valence-electron chi connectivity index (χ0n) is 12.4. The molecule has 0 spiro atoms. The molecule has 1 aromatic rings. The molecule has 128 valence electrons. The van der Waals surface area contributed by atoms with Crippen molar-refractivity contribution >= 4 is 36.6 Å². The van der Waals surface area contributed by atoms with E-state index >= 15 is 0 Å². The Hall–Kier alpha value is -0.690. The maximum Gasteiger partial charge on any atom is 0.344 e. The molecule has 0 amide bonds. The first-order valence-electron chi connectivity index (χ1n) is 7.15. The van der Waals surface area contributed by atoms with Crippen LogP contribution in [0.25, 0.3) is 0 Å². The molecule has 1 aliphatic rings. The molecule has 1 N–H and O–H groups in total. The van der Waals surface area contributed by atoms with Crippen LogP contribution in [0.4, 0.5) is 5.69 Å². The van der Waals surface area contributed by atoms with Gasteiger partial charge in [0.25, 0.3) is 5.69 Å². The van der Waals surface area contributed by atoms with E-state index in [0.717, 1.165) is 5.56 Å². The van der Waals surface area contributed by atoms with Crippen molar-refractivity contribution in [1.82, 2.24) is 9.76 Å². The van der Waals surface area contributed by atoms with E-state index in [1.165, 1.54) is 12.1 Å². The van der Waals surface area contributed by atoms with Gasteiger partial charge in [0.15, 0.2) is 0 Å². The molecule has 23 heavy (non-hydrogen) atoms. The van der Waals surface area contributed by atoms with Gasteiger partial charge in [-0.05, 0) is 24.1 Å². The Balaban J connectivity index is 2.15. The lowest BCUT2D eigenvalue weighted by Crippen LogP contribution is -2.36. The molecule has 1 aliphatic heterocycles. The molecule has 1 fully saturated rings. The predicted molar refractivity (Wildman–Crippen MR) is 90.2 cm³/mol. The van der Waals surface area contributed by atoms with Crippen molar-refractivity contribution in [3.63, 3.8) is 0 Å². The highest BCUT2D eigenvalue weighted by Crippen LogP contribution is 2.53. The number of benzene rings is 1. The first-order chi connectivity index (χ1) is 11.0. The Morgan fingerprint density at radius 1 is 1.30 bits per heavy atom. The average molecular weight is 382 g/mol. The van der Waals surface area contributed by atoms with Crippen molar-refractivity contribution in [2.24, 2.45) is 0 Å². The highest BCUT2D eigenvalue weighted by molar-refractivity contribution is 7.54. The number of non-ortho nitro benzene ring substituents is 1. The van der Waals surface area contributed by atoms with Crippen LogP contribution in [0.3, 0.4) is 0 Å². The molecule has 2 rings (SSSR count). The molecular weight excluding hydrogens is 364 g/mol. The molecule has 0 saturated carbocycles. The Morgan fingerprint density at radius 3 is 2.43 bits per heavy atom. The highest BCUT2D eigenvalue weighted by atomic mass is 35.5. The van der Waals surface area contributed by atoms with E-state index in [-0.39, 0.29) is 5.69 Å². The molecule has 7 nitrogen and oxygen atoms in total. The Labute approximate surface area is 144 Å². The molecule has 1 aromatic carbocycles. The molecule has 0 bridgehead atoms. The van der Waals surface area contributed by atoms with E-state index in [4.69, 9.17) is 27.7 Å². The van der Waals surface area contributed by atoms with Crippen LogP contribution in [0.2, 0.25) is 0 Å². The molecule has 2 atom stereocenters. The number of hydrogen-bond donors (Lipinski definition) is 1. The van der Waals surface area contributed by atoms with Crippen LogP contribution in [0.5, 0.6) is 0 Å². The van der Waals surface area contributed by atoms with Gasteiger partial charge in [-0.3, -0.25) is 19.2 Å². The lowest BCUT2D eigenvalue weighted by molar-refractivity contribution is -0.384. The van der Waals surface area contributed by atoms with Gasteiger partial charge in [-0.25, -0.2) is 9.76 Å². The summed E-state index contributed by atoms with van der Waals surface area (Å²) in [6.07, 6.45) is 0.230. The van der Waals surface area contributed by atoms with Gasteiger partial charge < -0.3 is 0 Å². The van der Waals surface area contributed by atoms with Crippen LogP contribution in [-0.2, 0) is 9.09 Å². The third-order valence-electron chi connectivity index (χ3n) is 3.52. The number of nitrogens with zero attached hydrogens (tertiary/aromatic N) is 2. The van der Waals surface area contributed by atoms with E-state index in [0.29, 0.717) is 37.8 Å². The van der Waals surface area contributed by atoms with Gasteiger partial charge in [-0.15, -0.1) is 23.2 Å². The number of nitrogens with one attached hydrogen (secondary N) is 1. The third-order valence-corrected chi connectivity index (χ3v) is 6.17. The molecule has 2 unspecified atom stereocenters. The van der Waals surface area contributed by atoms with Gasteiger partial charge in [0.1, 0.15) is 0 Å². The second-order valence-electron chi connectivity index (χ2n) is 4.99. The van der Waals surface area contributed by atoms with Crippen LogP contribution in [-0.4, -0.2) is 41.0 Å². The molecule has 1 heterocycles. The number of hydrogen-bond acceptors (Lipinski definition) is 4. The van der Waals surface area contributed by atoms with Crippen molar-refractivity contribution in [2.45, 2.75) is 12.5 Å². The second-order valence-corrected chi connectivity index (χ2v) is 7.88. The van der Waals surface area contributed by atoms with Crippen molar-refractivity contribution in [2.75, 3.05) is 31.4 Å². The van der Waals surface area contributed by atoms with Crippen LogP contribution in [0.1, 0.15) is 18.1 Å². The second kappa shape index (κ2) is 8.42. The van der Waals surface area contributed by atoms with E-state index in [9.17, 15) is 14.7 Å². The van der Waals surface area contributed by atoms with Crippen molar-refractivity contribution in [1.29, 1.82) is 0 Å². The fraction of sp³-hybridized carbons (Fsp3) is 0.538.